The van der Waals surface area contributed by atoms with Crippen molar-refractivity contribution in [1.82, 2.24) is 0 Å². The minimum absolute atomic E-state index is 0.213. The molecule has 0 bridgehead atoms. The van der Waals surface area contributed by atoms with E-state index in [1.807, 2.05) is 25.1 Å². The second kappa shape index (κ2) is 5.55. The molecule has 112 valence electrons. The maximum absolute atomic E-state index is 12.3. The van der Waals surface area contributed by atoms with Crippen molar-refractivity contribution in [3.8, 4) is 0 Å². The van der Waals surface area contributed by atoms with Crippen LogP contribution in [0.5, 0.6) is 0 Å². The van der Waals surface area contributed by atoms with Gasteiger partial charge in [-0.1, -0.05) is 34.8 Å². The number of halogens is 2. The zero-order valence-corrected chi connectivity index (χ0v) is 13.1. The van der Waals surface area contributed by atoms with E-state index < -0.39 is 0 Å². The van der Waals surface area contributed by atoms with Gasteiger partial charge >= 0.3 is 0 Å². The highest BCUT2D eigenvalue weighted by molar-refractivity contribution is 6.39. The fourth-order valence-electron chi connectivity index (χ4n) is 2.12. The Hall–Kier alpha value is -2.17. The maximum Gasteiger partial charge on any atom is 0.291 e. The van der Waals surface area contributed by atoms with Gasteiger partial charge in [-0.2, -0.15) is 0 Å². The van der Waals surface area contributed by atoms with Gasteiger partial charge in [-0.25, -0.2) is 0 Å². The van der Waals surface area contributed by atoms with Crippen molar-refractivity contribution in [2.75, 3.05) is 11.1 Å². The van der Waals surface area contributed by atoms with Crippen molar-refractivity contribution < 1.29 is 9.21 Å². The fourth-order valence-corrected chi connectivity index (χ4v) is 2.61. The largest absolute Gasteiger partial charge is 0.451 e. The molecule has 1 heterocycles. The summed E-state index contributed by atoms with van der Waals surface area (Å²) < 4.78 is 5.54. The van der Waals surface area contributed by atoms with Crippen molar-refractivity contribution in [3.05, 3.63) is 57.8 Å². The monoisotopic (exact) mass is 334 g/mol. The first-order valence-electron chi connectivity index (χ1n) is 6.50. The highest BCUT2D eigenvalue weighted by atomic mass is 35.5. The molecule has 0 saturated carbocycles. The second-order valence-electron chi connectivity index (χ2n) is 4.96. The normalized spacial score (nSPS) is 10.9. The van der Waals surface area contributed by atoms with Crippen LogP contribution < -0.4 is 11.1 Å². The summed E-state index contributed by atoms with van der Waals surface area (Å²) in [6, 6.07) is 10.5. The van der Waals surface area contributed by atoms with Gasteiger partial charge in [0.15, 0.2) is 5.76 Å². The summed E-state index contributed by atoms with van der Waals surface area (Å²) in [5, 5.41) is 4.12. The molecule has 0 atom stereocenters. The van der Waals surface area contributed by atoms with Gasteiger partial charge in [0, 0.05) is 11.1 Å². The smallest absolute Gasteiger partial charge is 0.291 e. The molecule has 0 spiro atoms. The van der Waals surface area contributed by atoms with Gasteiger partial charge in [0.25, 0.3) is 5.91 Å². The Balaban J connectivity index is 1.90. The topological polar surface area (TPSA) is 68.3 Å². The summed E-state index contributed by atoms with van der Waals surface area (Å²) in [5.74, 6) is -0.171. The molecule has 0 unspecified atom stereocenters. The van der Waals surface area contributed by atoms with Crippen LogP contribution in [-0.2, 0) is 0 Å². The first kappa shape index (κ1) is 14.8. The molecule has 4 nitrogen and oxygen atoms in total. The van der Waals surface area contributed by atoms with Gasteiger partial charge in [0.2, 0.25) is 0 Å². The van der Waals surface area contributed by atoms with Crippen molar-refractivity contribution in [2.45, 2.75) is 6.92 Å². The number of fused-ring (bicyclic) bond motifs is 1. The summed E-state index contributed by atoms with van der Waals surface area (Å²) in [5.41, 5.74) is 8.14. The molecule has 3 aromatic rings. The molecule has 0 aliphatic rings. The fraction of sp³-hybridized carbons (Fsp3) is 0.0625. The molecule has 3 rings (SSSR count). The lowest BCUT2D eigenvalue weighted by molar-refractivity contribution is 0.0998. The predicted molar refractivity (Wildman–Crippen MR) is 89.8 cm³/mol. The van der Waals surface area contributed by atoms with E-state index in [0.29, 0.717) is 11.3 Å². The van der Waals surface area contributed by atoms with E-state index >= 15 is 0 Å². The Bertz CT molecular complexity index is 864. The van der Waals surface area contributed by atoms with Crippen LogP contribution in [0.4, 0.5) is 11.4 Å². The zero-order valence-electron chi connectivity index (χ0n) is 11.6. The lowest BCUT2D eigenvalue weighted by Crippen LogP contribution is -2.11. The molecule has 2 aromatic carbocycles. The average Bonchev–Trinajstić information content (AvgIpc) is 2.87. The third kappa shape index (κ3) is 2.75. The summed E-state index contributed by atoms with van der Waals surface area (Å²) in [6.45, 7) is 1.98. The van der Waals surface area contributed by atoms with Crippen molar-refractivity contribution in [2.24, 2.45) is 0 Å². The third-order valence-corrected chi connectivity index (χ3v) is 3.86. The van der Waals surface area contributed by atoms with Crippen molar-refractivity contribution in [1.29, 1.82) is 0 Å². The van der Waals surface area contributed by atoms with Crippen LogP contribution in [0.25, 0.3) is 11.0 Å². The van der Waals surface area contributed by atoms with Gasteiger partial charge < -0.3 is 15.5 Å². The van der Waals surface area contributed by atoms with E-state index in [9.17, 15) is 4.79 Å². The second-order valence-corrected chi connectivity index (χ2v) is 5.77. The molecular formula is C16H12Cl2N2O2. The quantitative estimate of drug-likeness (QED) is 0.656. The van der Waals surface area contributed by atoms with Crippen LogP contribution >= 0.6 is 23.2 Å². The van der Waals surface area contributed by atoms with Crippen LogP contribution in [0.1, 0.15) is 16.1 Å². The highest BCUT2D eigenvalue weighted by Gasteiger charge is 2.14. The van der Waals surface area contributed by atoms with E-state index in [1.165, 1.54) is 12.1 Å². The number of amides is 1. The number of nitrogen functional groups attached to an aromatic ring is 1. The number of furan rings is 1. The highest BCUT2D eigenvalue weighted by Crippen LogP contribution is 2.31. The summed E-state index contributed by atoms with van der Waals surface area (Å²) in [7, 11) is 0. The molecular weight excluding hydrogens is 323 g/mol. The van der Waals surface area contributed by atoms with Gasteiger partial charge in [-0.05, 0) is 37.3 Å². The Morgan fingerprint density at radius 1 is 1.14 bits per heavy atom. The lowest BCUT2D eigenvalue weighted by atomic mass is 10.2. The lowest BCUT2D eigenvalue weighted by Gasteiger charge is -2.07. The van der Waals surface area contributed by atoms with E-state index in [1.54, 1.807) is 6.07 Å². The van der Waals surface area contributed by atoms with E-state index in [4.69, 9.17) is 33.4 Å². The number of carbonyl (C=O) groups excluding carboxylic acids is 1. The van der Waals surface area contributed by atoms with Crippen molar-refractivity contribution >= 4 is 51.5 Å². The molecule has 1 aromatic heterocycles. The summed E-state index contributed by atoms with van der Waals surface area (Å²) >= 11 is 11.9. The number of benzene rings is 2. The number of rotatable bonds is 2. The van der Waals surface area contributed by atoms with Crippen molar-refractivity contribution in [3.63, 3.8) is 0 Å². The Kier molecular flexibility index (Phi) is 3.72. The van der Waals surface area contributed by atoms with Crippen LogP contribution in [-0.4, -0.2) is 5.91 Å². The zero-order chi connectivity index (χ0) is 15.9. The number of anilines is 2. The molecule has 0 fully saturated rings. The number of hydrogen-bond donors (Lipinski definition) is 2. The molecule has 0 radical (unpaired) electrons. The number of nitrogens with two attached hydrogens (primary N) is 1. The Morgan fingerprint density at radius 3 is 2.50 bits per heavy atom. The molecule has 0 aliphatic carbocycles. The average molecular weight is 335 g/mol. The first-order valence-corrected chi connectivity index (χ1v) is 7.26. The number of aryl methyl sites for hydroxylation is 1. The minimum atomic E-state index is -0.384. The minimum Gasteiger partial charge on any atom is -0.451 e. The van der Waals surface area contributed by atoms with Crippen LogP contribution in [0.3, 0.4) is 0 Å². The SMILES string of the molecule is Cc1ccc2oc(C(=O)Nc3cc(Cl)c(N)c(Cl)c3)cc2c1. The van der Waals surface area contributed by atoms with E-state index in [-0.39, 0.29) is 27.4 Å². The summed E-state index contributed by atoms with van der Waals surface area (Å²) in [6.07, 6.45) is 0. The molecule has 22 heavy (non-hydrogen) atoms. The molecule has 3 N–H and O–H groups in total. The summed E-state index contributed by atoms with van der Waals surface area (Å²) in [4.78, 5) is 12.3. The predicted octanol–water partition coefficient (Wildman–Crippen LogP) is 4.88. The molecule has 0 aliphatic heterocycles. The van der Waals surface area contributed by atoms with Crippen LogP contribution in [0.15, 0.2) is 40.8 Å². The Morgan fingerprint density at radius 2 is 1.82 bits per heavy atom. The number of hydrogen-bond acceptors (Lipinski definition) is 3. The molecule has 1 amide bonds. The van der Waals surface area contributed by atoms with E-state index in [0.717, 1.165) is 10.9 Å². The maximum atomic E-state index is 12.3. The number of nitrogens with one attached hydrogen (secondary N) is 1. The van der Waals surface area contributed by atoms with Gasteiger partial charge in [-0.3, -0.25) is 4.79 Å². The van der Waals surface area contributed by atoms with Crippen LogP contribution in [0.2, 0.25) is 10.0 Å². The standard InChI is InChI=1S/C16H12Cl2N2O2/c1-8-2-3-13-9(4-8)5-14(22-13)16(21)20-10-6-11(17)15(19)12(18)7-10/h2-7H,19H2,1H3,(H,20,21). The van der Waals surface area contributed by atoms with Crippen LogP contribution in [0, 0.1) is 6.92 Å². The molecule has 6 heteroatoms. The third-order valence-electron chi connectivity index (χ3n) is 3.23. The van der Waals surface area contributed by atoms with Gasteiger partial charge in [0.05, 0.1) is 15.7 Å². The van der Waals surface area contributed by atoms with Gasteiger partial charge in [-0.15, -0.1) is 0 Å². The first-order chi connectivity index (χ1) is 10.4. The molecule has 0 saturated heterocycles. The Labute approximate surface area is 136 Å². The van der Waals surface area contributed by atoms with E-state index in [2.05, 4.69) is 5.32 Å². The number of carbonyl (C=O) groups is 1. The van der Waals surface area contributed by atoms with Gasteiger partial charge in [0.1, 0.15) is 5.58 Å².